The van der Waals surface area contributed by atoms with E-state index in [1.807, 2.05) is 19.1 Å². The lowest BCUT2D eigenvalue weighted by atomic mass is 10.1. The SMILES string of the molecule is C.C.C.C.C.C.CNC(=O)c1cc(OCCCOc2ccc(S(=O)(=O)O)cc2)c(C(=O)Nc2ccc(C)cc2)cc1OCCCOc1ccc(SOOO)cc1. The molecular formula is C40H60N2O12S2. The van der Waals surface area contributed by atoms with Crippen molar-refractivity contribution in [1.29, 1.82) is 0 Å². The van der Waals surface area contributed by atoms with Crippen LogP contribution in [-0.4, -0.2) is 63.5 Å². The van der Waals surface area contributed by atoms with E-state index in [0.717, 1.165) is 17.6 Å². The van der Waals surface area contributed by atoms with Gasteiger partial charge >= 0.3 is 0 Å². The smallest absolute Gasteiger partial charge is 0.294 e. The fraction of sp³-hybridized carbons (Fsp3) is 0.350. The first kappa shape index (κ1) is 55.5. The van der Waals surface area contributed by atoms with Crippen molar-refractivity contribution in [2.24, 2.45) is 0 Å². The Balaban J connectivity index is -0.00000468. The van der Waals surface area contributed by atoms with Gasteiger partial charge in [0.1, 0.15) is 23.0 Å². The van der Waals surface area contributed by atoms with Crippen molar-refractivity contribution in [1.82, 2.24) is 5.32 Å². The lowest BCUT2D eigenvalue weighted by molar-refractivity contribution is -0.432. The van der Waals surface area contributed by atoms with Crippen molar-refractivity contribution >= 4 is 39.7 Å². The number of rotatable bonds is 19. The summed E-state index contributed by atoms with van der Waals surface area (Å²) in [6.07, 6.45) is 0.825. The summed E-state index contributed by atoms with van der Waals surface area (Å²) in [6, 6.07) is 22.4. The third kappa shape index (κ3) is 17.3. The Bertz CT molecular complexity index is 1820. The molecule has 4 rings (SSSR count). The Kier molecular flexibility index (Phi) is 27.4. The van der Waals surface area contributed by atoms with Gasteiger partial charge < -0.3 is 29.6 Å². The first-order chi connectivity index (χ1) is 24.1. The van der Waals surface area contributed by atoms with E-state index in [9.17, 15) is 18.0 Å². The second kappa shape index (κ2) is 27.7. The molecule has 4 aromatic rings. The summed E-state index contributed by atoms with van der Waals surface area (Å²) in [5.41, 5.74) is 1.89. The minimum Gasteiger partial charge on any atom is -0.493 e. The Morgan fingerprint density at radius 3 is 1.55 bits per heavy atom. The van der Waals surface area contributed by atoms with Crippen LogP contribution in [0, 0.1) is 6.92 Å². The van der Waals surface area contributed by atoms with Gasteiger partial charge in [-0.15, -0.1) is 4.33 Å². The zero-order valence-electron chi connectivity index (χ0n) is 27.1. The van der Waals surface area contributed by atoms with E-state index < -0.39 is 21.9 Å². The predicted molar refractivity (Wildman–Crippen MR) is 224 cm³/mol. The van der Waals surface area contributed by atoms with Gasteiger partial charge in [0.15, 0.2) is 0 Å². The first-order valence-electron chi connectivity index (χ1n) is 15.2. The number of ether oxygens (including phenoxy) is 4. The molecule has 0 spiro atoms. The van der Waals surface area contributed by atoms with Gasteiger partial charge in [0.2, 0.25) is 0 Å². The number of hydrogen-bond acceptors (Lipinski definition) is 12. The highest BCUT2D eigenvalue weighted by molar-refractivity contribution is 7.94. The fourth-order valence-corrected chi connectivity index (χ4v) is 5.18. The van der Waals surface area contributed by atoms with Gasteiger partial charge in [0, 0.05) is 30.5 Å². The molecule has 14 nitrogen and oxygen atoms in total. The number of nitrogens with one attached hydrogen (secondary N) is 2. The molecule has 16 heteroatoms. The Labute approximate surface area is 337 Å². The largest absolute Gasteiger partial charge is 0.493 e. The maximum Gasteiger partial charge on any atom is 0.294 e. The Morgan fingerprint density at radius 1 is 0.661 bits per heavy atom. The molecule has 4 aromatic carbocycles. The quantitative estimate of drug-likeness (QED) is 0.0230. The van der Waals surface area contributed by atoms with E-state index >= 15 is 0 Å². The molecule has 0 heterocycles. The fourth-order valence-electron chi connectivity index (χ4n) is 4.34. The summed E-state index contributed by atoms with van der Waals surface area (Å²) in [5.74, 6) is 0.391. The second-order valence-corrected chi connectivity index (χ2v) is 12.7. The van der Waals surface area contributed by atoms with E-state index in [4.69, 9.17) is 28.8 Å². The van der Waals surface area contributed by atoms with Crippen LogP contribution in [0.1, 0.15) is 83.7 Å². The second-order valence-electron chi connectivity index (χ2n) is 10.5. The van der Waals surface area contributed by atoms with Crippen LogP contribution >= 0.6 is 12.0 Å². The van der Waals surface area contributed by atoms with E-state index in [2.05, 4.69) is 20.0 Å². The first-order valence-corrected chi connectivity index (χ1v) is 17.4. The van der Waals surface area contributed by atoms with Crippen LogP contribution in [0.5, 0.6) is 23.0 Å². The topological polar surface area (TPSA) is 188 Å². The molecule has 0 radical (unpaired) electrons. The standard InChI is InChI=1S/C34H36N2O12S2.6CH4/c1-23-5-7-24(8-6-23)36-34(38)30-22-31(45-19-3-17-43-25-9-13-27(14-10-25)49-48-47-39)29(33(37)35-2)21-32(30)46-20-4-18-44-26-11-15-28(16-12-26)50(40,41)42;;;;;;/h5-16,21-22,39H,3-4,17-20H2,1-2H3,(H,35,37)(H,36,38)(H,40,41,42);6*1H4. The number of amides is 2. The molecule has 0 saturated carbocycles. The Hall–Kier alpha value is -4.84. The van der Waals surface area contributed by atoms with E-state index in [1.165, 1.54) is 43.4 Å². The molecule has 0 aliphatic rings. The van der Waals surface area contributed by atoms with Crippen LogP contribution in [0.4, 0.5) is 5.69 Å². The predicted octanol–water partition coefficient (Wildman–Crippen LogP) is 9.79. The number of anilines is 1. The molecule has 0 aromatic heterocycles. The molecule has 314 valence electrons. The molecule has 0 saturated heterocycles. The maximum absolute atomic E-state index is 13.5. The lowest BCUT2D eigenvalue weighted by Crippen LogP contribution is -2.21. The lowest BCUT2D eigenvalue weighted by Gasteiger charge is -2.17. The van der Waals surface area contributed by atoms with Crippen LogP contribution < -0.4 is 29.6 Å². The van der Waals surface area contributed by atoms with Crippen LogP contribution in [0.15, 0.2) is 94.7 Å². The summed E-state index contributed by atoms with van der Waals surface area (Å²) in [4.78, 5) is 26.9. The highest BCUT2D eigenvalue weighted by Crippen LogP contribution is 2.31. The zero-order valence-corrected chi connectivity index (χ0v) is 28.8. The maximum atomic E-state index is 13.5. The van der Waals surface area contributed by atoms with Crippen LogP contribution in [0.25, 0.3) is 0 Å². The summed E-state index contributed by atoms with van der Waals surface area (Å²) in [6.45, 7) is 2.70. The van der Waals surface area contributed by atoms with Gasteiger partial charge in [-0.1, -0.05) is 67.3 Å². The van der Waals surface area contributed by atoms with Crippen molar-refractivity contribution < 1.29 is 56.1 Å². The van der Waals surface area contributed by atoms with Crippen LogP contribution in [0.2, 0.25) is 0 Å². The van der Waals surface area contributed by atoms with Crippen LogP contribution in [-0.2, 0) is 19.5 Å². The zero-order chi connectivity index (χ0) is 35.9. The minimum atomic E-state index is -4.31. The minimum absolute atomic E-state index is 0. The molecule has 0 atom stereocenters. The summed E-state index contributed by atoms with van der Waals surface area (Å²) in [7, 11) is -2.84. The van der Waals surface area contributed by atoms with Gasteiger partial charge in [-0.25, -0.2) is 5.26 Å². The molecule has 56 heavy (non-hydrogen) atoms. The van der Waals surface area contributed by atoms with Crippen molar-refractivity contribution in [2.75, 3.05) is 38.8 Å². The average molecular weight is 825 g/mol. The van der Waals surface area contributed by atoms with Gasteiger partial charge in [-0.2, -0.15) is 8.42 Å². The molecule has 0 aliphatic carbocycles. The highest BCUT2D eigenvalue weighted by Gasteiger charge is 2.22. The number of carbonyl (C=O) groups excluding carboxylic acids is 2. The van der Waals surface area contributed by atoms with Crippen molar-refractivity contribution in [3.8, 4) is 23.0 Å². The van der Waals surface area contributed by atoms with Gasteiger partial charge in [0.25, 0.3) is 21.9 Å². The number of benzene rings is 4. The van der Waals surface area contributed by atoms with Crippen LogP contribution in [0.3, 0.4) is 0 Å². The normalized spacial score (nSPS) is 9.86. The third-order valence-electron chi connectivity index (χ3n) is 6.84. The van der Waals surface area contributed by atoms with Gasteiger partial charge in [-0.3, -0.25) is 14.1 Å². The molecule has 0 bridgehead atoms. The summed E-state index contributed by atoms with van der Waals surface area (Å²) >= 11 is 0.830. The summed E-state index contributed by atoms with van der Waals surface area (Å²) in [5, 5.41) is 17.3. The number of carbonyl (C=O) groups is 2. The van der Waals surface area contributed by atoms with Crippen molar-refractivity contribution in [3.63, 3.8) is 0 Å². The molecule has 4 N–H and O–H groups in total. The number of hydrogen-bond donors (Lipinski definition) is 4. The third-order valence-corrected chi connectivity index (χ3v) is 8.30. The van der Waals surface area contributed by atoms with E-state index in [0.29, 0.717) is 41.5 Å². The number of aryl methyl sites for hydroxylation is 1. The Morgan fingerprint density at radius 2 is 1.11 bits per heavy atom. The molecule has 0 unspecified atom stereocenters. The molecular weight excluding hydrogens is 765 g/mol. The summed E-state index contributed by atoms with van der Waals surface area (Å²) < 4.78 is 59.4. The molecule has 0 fully saturated rings. The van der Waals surface area contributed by atoms with Crippen molar-refractivity contribution in [3.05, 3.63) is 102 Å². The molecule has 2 amide bonds. The van der Waals surface area contributed by atoms with Gasteiger partial charge in [-0.05, 0) is 79.7 Å². The van der Waals surface area contributed by atoms with E-state index in [-0.39, 0.29) is 91.9 Å². The monoisotopic (exact) mass is 824 g/mol. The van der Waals surface area contributed by atoms with Gasteiger partial charge in [0.05, 0.1) is 54.5 Å². The van der Waals surface area contributed by atoms with Crippen molar-refractivity contribution in [2.45, 2.75) is 74.1 Å². The van der Waals surface area contributed by atoms with E-state index in [1.54, 1.807) is 36.4 Å². The molecule has 0 aliphatic heterocycles. The highest BCUT2D eigenvalue weighted by atomic mass is 32.2. The average Bonchev–Trinajstić information content (AvgIpc) is 3.11.